The van der Waals surface area contributed by atoms with E-state index in [2.05, 4.69) is 11.1 Å². The maximum Gasteiger partial charge on any atom is 0.257 e. The van der Waals surface area contributed by atoms with Gasteiger partial charge in [0.1, 0.15) is 11.6 Å². The molecule has 1 atom stereocenters. The lowest BCUT2D eigenvalue weighted by Gasteiger charge is -2.37. The highest BCUT2D eigenvalue weighted by atomic mass is 19.1. The number of fused-ring (bicyclic) bond motifs is 2. The van der Waals surface area contributed by atoms with Crippen LogP contribution in [0, 0.1) is 11.6 Å². The molecule has 0 N–H and O–H groups in total. The minimum Gasteiger partial charge on any atom is -0.329 e. The average Bonchev–Trinajstić information content (AvgIpc) is 3.16. The number of hydrogen-bond donors (Lipinski definition) is 0. The van der Waals surface area contributed by atoms with Gasteiger partial charge in [-0.25, -0.2) is 13.8 Å². The number of amides is 1. The van der Waals surface area contributed by atoms with Crippen molar-refractivity contribution < 1.29 is 13.6 Å². The number of para-hydroxylation sites is 2. The number of carbonyl (C=O) groups excluding carboxylic acids is 1. The van der Waals surface area contributed by atoms with Gasteiger partial charge in [0.2, 0.25) is 0 Å². The maximum absolute atomic E-state index is 14.4. The van der Waals surface area contributed by atoms with Crippen LogP contribution in [0.3, 0.4) is 0 Å². The second-order valence-corrected chi connectivity index (χ2v) is 7.57. The van der Waals surface area contributed by atoms with Crippen LogP contribution in [0.1, 0.15) is 21.5 Å². The van der Waals surface area contributed by atoms with E-state index in [-0.39, 0.29) is 11.6 Å². The van der Waals surface area contributed by atoms with Gasteiger partial charge >= 0.3 is 0 Å². The Hall–Kier alpha value is -3.54. The molecule has 2 heterocycles. The summed E-state index contributed by atoms with van der Waals surface area (Å²) in [6.45, 7) is 0.909. The molecule has 0 saturated heterocycles. The minimum atomic E-state index is -0.842. The van der Waals surface area contributed by atoms with Gasteiger partial charge in [-0.3, -0.25) is 4.79 Å². The number of aromatic nitrogens is 2. The van der Waals surface area contributed by atoms with Crippen LogP contribution in [0.4, 0.5) is 8.78 Å². The molecule has 1 aliphatic heterocycles. The van der Waals surface area contributed by atoms with Crippen LogP contribution >= 0.6 is 0 Å². The zero-order chi connectivity index (χ0) is 20.7. The van der Waals surface area contributed by atoms with E-state index in [9.17, 15) is 13.6 Å². The SMILES string of the molecule is O=C(c1ccc(F)cc1F)N1Cc2ccccc2CC1Cn1cnc2ccccc21. The van der Waals surface area contributed by atoms with Gasteiger partial charge < -0.3 is 9.47 Å². The summed E-state index contributed by atoms with van der Waals surface area (Å²) in [5.41, 5.74) is 3.97. The lowest BCUT2D eigenvalue weighted by Crippen LogP contribution is -2.46. The summed E-state index contributed by atoms with van der Waals surface area (Å²) in [6, 6.07) is 18.7. The number of halogens is 2. The fourth-order valence-electron chi connectivity index (χ4n) is 4.19. The Morgan fingerprint density at radius 2 is 1.77 bits per heavy atom. The predicted octanol–water partition coefficient (Wildman–Crippen LogP) is 4.58. The second kappa shape index (κ2) is 7.37. The molecule has 0 radical (unpaired) electrons. The molecule has 0 spiro atoms. The predicted molar refractivity (Wildman–Crippen MR) is 110 cm³/mol. The minimum absolute atomic E-state index is 0.115. The van der Waals surface area contributed by atoms with E-state index < -0.39 is 17.5 Å². The molecule has 1 aliphatic rings. The largest absolute Gasteiger partial charge is 0.329 e. The first kappa shape index (κ1) is 18.5. The van der Waals surface area contributed by atoms with Gasteiger partial charge in [-0.2, -0.15) is 0 Å². The summed E-state index contributed by atoms with van der Waals surface area (Å²) in [5.74, 6) is -1.98. The summed E-state index contributed by atoms with van der Waals surface area (Å²) in [5, 5.41) is 0. The summed E-state index contributed by atoms with van der Waals surface area (Å²) in [7, 11) is 0. The molecular formula is C24H19F2N3O. The van der Waals surface area contributed by atoms with E-state index in [1.54, 1.807) is 11.2 Å². The number of imidazole rings is 1. The molecule has 0 bridgehead atoms. The molecule has 3 aromatic carbocycles. The standard InChI is InChI=1S/C24H19F2N3O/c25-18-9-10-20(21(26)12-18)24(30)29-13-17-6-2-1-5-16(17)11-19(29)14-28-15-27-22-7-3-4-8-23(22)28/h1-10,12,15,19H,11,13-14H2. The second-order valence-electron chi connectivity index (χ2n) is 7.57. The summed E-state index contributed by atoms with van der Waals surface area (Å²) in [6.07, 6.45) is 2.42. The van der Waals surface area contributed by atoms with Crippen molar-refractivity contribution in [3.63, 3.8) is 0 Å². The Kier molecular flexibility index (Phi) is 4.54. The molecule has 1 unspecified atom stereocenters. The number of nitrogens with zero attached hydrogens (tertiary/aromatic N) is 3. The first-order valence-electron chi connectivity index (χ1n) is 9.83. The van der Waals surface area contributed by atoms with E-state index in [0.717, 1.165) is 28.7 Å². The zero-order valence-electron chi connectivity index (χ0n) is 16.1. The Bertz CT molecular complexity index is 1250. The van der Waals surface area contributed by atoms with E-state index in [1.165, 1.54) is 11.6 Å². The normalized spacial score (nSPS) is 15.9. The Balaban J connectivity index is 1.53. The number of hydrogen-bond acceptors (Lipinski definition) is 2. The summed E-state index contributed by atoms with van der Waals surface area (Å²) < 4.78 is 29.7. The Morgan fingerprint density at radius 3 is 2.60 bits per heavy atom. The van der Waals surface area contributed by atoms with Crippen LogP contribution in [-0.2, 0) is 19.5 Å². The van der Waals surface area contributed by atoms with E-state index in [4.69, 9.17) is 0 Å². The third-order valence-electron chi connectivity index (χ3n) is 5.71. The van der Waals surface area contributed by atoms with Crippen LogP contribution in [0.15, 0.2) is 73.1 Å². The van der Waals surface area contributed by atoms with E-state index in [0.29, 0.717) is 19.5 Å². The highest BCUT2D eigenvalue weighted by Gasteiger charge is 2.32. The lowest BCUT2D eigenvalue weighted by molar-refractivity contribution is 0.0615. The van der Waals surface area contributed by atoms with Gasteiger partial charge in [-0.05, 0) is 41.8 Å². The average molecular weight is 403 g/mol. The molecular weight excluding hydrogens is 384 g/mol. The van der Waals surface area contributed by atoms with Gasteiger partial charge in [0.15, 0.2) is 0 Å². The molecule has 0 fully saturated rings. The third-order valence-corrected chi connectivity index (χ3v) is 5.71. The Morgan fingerprint density at radius 1 is 1.00 bits per heavy atom. The Labute approximate surface area is 172 Å². The fourth-order valence-corrected chi connectivity index (χ4v) is 4.19. The van der Waals surface area contributed by atoms with Crippen LogP contribution in [0.25, 0.3) is 11.0 Å². The van der Waals surface area contributed by atoms with Crippen LogP contribution in [0.5, 0.6) is 0 Å². The van der Waals surface area contributed by atoms with Gasteiger partial charge in [-0.15, -0.1) is 0 Å². The van der Waals surface area contributed by atoms with Gasteiger partial charge in [-0.1, -0.05) is 36.4 Å². The molecule has 150 valence electrons. The number of benzene rings is 3. The molecule has 6 heteroatoms. The fraction of sp³-hybridized carbons (Fsp3) is 0.167. The van der Waals surface area contributed by atoms with Gasteiger partial charge in [0.25, 0.3) is 5.91 Å². The van der Waals surface area contributed by atoms with Crippen LogP contribution in [0.2, 0.25) is 0 Å². The number of carbonyl (C=O) groups is 1. The molecule has 5 rings (SSSR count). The smallest absolute Gasteiger partial charge is 0.257 e. The summed E-state index contributed by atoms with van der Waals surface area (Å²) in [4.78, 5) is 19.4. The van der Waals surface area contributed by atoms with Gasteiger partial charge in [0.05, 0.1) is 29.0 Å². The van der Waals surface area contributed by atoms with E-state index >= 15 is 0 Å². The van der Waals surface area contributed by atoms with Crippen molar-refractivity contribution in [2.24, 2.45) is 0 Å². The zero-order valence-corrected chi connectivity index (χ0v) is 16.1. The van der Waals surface area contributed by atoms with Gasteiger partial charge in [0, 0.05) is 19.2 Å². The van der Waals surface area contributed by atoms with Crippen molar-refractivity contribution in [2.75, 3.05) is 0 Å². The van der Waals surface area contributed by atoms with Crippen LogP contribution in [-0.4, -0.2) is 26.4 Å². The molecule has 0 aliphatic carbocycles. The number of rotatable bonds is 3. The maximum atomic E-state index is 14.4. The first-order valence-corrected chi connectivity index (χ1v) is 9.83. The van der Waals surface area contributed by atoms with Crippen LogP contribution < -0.4 is 0 Å². The first-order chi connectivity index (χ1) is 14.6. The third kappa shape index (κ3) is 3.24. The van der Waals surface area contributed by atoms with Crippen molar-refractivity contribution >= 4 is 16.9 Å². The molecule has 4 aromatic rings. The van der Waals surface area contributed by atoms with Crippen molar-refractivity contribution in [1.82, 2.24) is 14.5 Å². The van der Waals surface area contributed by atoms with Crippen molar-refractivity contribution in [3.05, 3.63) is 101 Å². The highest BCUT2D eigenvalue weighted by Crippen LogP contribution is 2.27. The van der Waals surface area contributed by atoms with Crippen molar-refractivity contribution in [3.8, 4) is 0 Å². The molecule has 1 amide bonds. The van der Waals surface area contributed by atoms with Crippen molar-refractivity contribution in [1.29, 1.82) is 0 Å². The quantitative estimate of drug-likeness (QED) is 0.502. The topological polar surface area (TPSA) is 38.1 Å². The monoisotopic (exact) mass is 403 g/mol. The molecule has 1 aromatic heterocycles. The summed E-state index contributed by atoms with van der Waals surface area (Å²) >= 11 is 0. The van der Waals surface area contributed by atoms with E-state index in [1.807, 2.05) is 47.0 Å². The molecule has 30 heavy (non-hydrogen) atoms. The molecule has 0 saturated carbocycles. The highest BCUT2D eigenvalue weighted by molar-refractivity contribution is 5.95. The lowest BCUT2D eigenvalue weighted by atomic mass is 9.93. The van der Waals surface area contributed by atoms with Crippen molar-refractivity contribution in [2.45, 2.75) is 25.6 Å². The molecule has 4 nitrogen and oxygen atoms in total.